The zero-order valence-corrected chi connectivity index (χ0v) is 17.4. The molecule has 4 heterocycles. The van der Waals surface area contributed by atoms with Crippen LogP contribution in [0.2, 0.25) is 0 Å². The first kappa shape index (κ1) is 17.7. The van der Waals surface area contributed by atoms with E-state index in [1.54, 1.807) is 16.8 Å². The van der Waals surface area contributed by atoms with Crippen LogP contribution < -0.4 is 4.90 Å². The standard InChI is InChI=1S/C21H22BrN5O/c1-14-18-10-17(25-7-2-3-8-25)5-4-15(18)6-9-26(14)21(28)19-11-20-23-12-16(22)13-27(20)24-19/h4-5,10-14H,2-3,6-9H2,1H3. The molecule has 1 amide bonds. The van der Waals surface area contributed by atoms with Gasteiger partial charge in [0.2, 0.25) is 0 Å². The fourth-order valence-corrected chi connectivity index (χ4v) is 4.65. The minimum Gasteiger partial charge on any atom is -0.372 e. The van der Waals surface area contributed by atoms with Crippen molar-refractivity contribution >= 4 is 33.2 Å². The van der Waals surface area contributed by atoms with Gasteiger partial charge in [0.15, 0.2) is 11.3 Å². The van der Waals surface area contributed by atoms with Crippen molar-refractivity contribution < 1.29 is 4.79 Å². The molecule has 1 fully saturated rings. The number of anilines is 1. The third-order valence-electron chi connectivity index (χ3n) is 5.90. The van der Waals surface area contributed by atoms with Gasteiger partial charge in [-0.1, -0.05) is 6.07 Å². The van der Waals surface area contributed by atoms with Crippen molar-refractivity contribution in [2.75, 3.05) is 24.5 Å². The Morgan fingerprint density at radius 3 is 2.82 bits per heavy atom. The Hall–Kier alpha value is -2.41. The lowest BCUT2D eigenvalue weighted by molar-refractivity contribution is 0.0671. The second-order valence-electron chi connectivity index (χ2n) is 7.61. The van der Waals surface area contributed by atoms with E-state index in [1.165, 1.54) is 29.7 Å². The average molecular weight is 440 g/mol. The summed E-state index contributed by atoms with van der Waals surface area (Å²) >= 11 is 3.39. The highest BCUT2D eigenvalue weighted by atomic mass is 79.9. The molecule has 5 rings (SSSR count). The first-order chi connectivity index (χ1) is 13.6. The lowest BCUT2D eigenvalue weighted by Gasteiger charge is -2.35. The molecule has 0 bridgehead atoms. The summed E-state index contributed by atoms with van der Waals surface area (Å²) in [4.78, 5) is 21.9. The predicted octanol–water partition coefficient (Wildman–Crippen LogP) is 3.85. The molecule has 0 N–H and O–H groups in total. The number of carbonyl (C=O) groups is 1. The molecule has 1 atom stereocenters. The molecule has 0 spiro atoms. The highest BCUT2D eigenvalue weighted by Crippen LogP contribution is 2.34. The number of carbonyl (C=O) groups excluding carboxylic acids is 1. The van der Waals surface area contributed by atoms with Crippen LogP contribution >= 0.6 is 15.9 Å². The molecule has 2 aliphatic rings. The smallest absolute Gasteiger partial charge is 0.274 e. The molecule has 0 radical (unpaired) electrons. The van der Waals surface area contributed by atoms with Crippen molar-refractivity contribution in [2.24, 2.45) is 0 Å². The molecule has 28 heavy (non-hydrogen) atoms. The van der Waals surface area contributed by atoms with E-state index in [4.69, 9.17) is 0 Å². The number of aromatic nitrogens is 3. The summed E-state index contributed by atoms with van der Waals surface area (Å²) in [5.74, 6) is -0.0358. The fraction of sp³-hybridized carbons (Fsp3) is 0.381. The van der Waals surface area contributed by atoms with Crippen molar-refractivity contribution in [3.8, 4) is 0 Å². The summed E-state index contributed by atoms with van der Waals surface area (Å²) in [7, 11) is 0. The summed E-state index contributed by atoms with van der Waals surface area (Å²) in [5.41, 5.74) is 5.00. The van der Waals surface area contributed by atoms with Crippen LogP contribution in [0.1, 0.15) is 47.4 Å². The Balaban J connectivity index is 1.45. The second-order valence-corrected chi connectivity index (χ2v) is 8.52. The van der Waals surface area contributed by atoms with Crippen LogP contribution in [0.25, 0.3) is 5.65 Å². The van der Waals surface area contributed by atoms with Gasteiger partial charge in [0.25, 0.3) is 5.91 Å². The van der Waals surface area contributed by atoms with Gasteiger partial charge in [-0.2, -0.15) is 5.10 Å². The Kier molecular flexibility index (Phi) is 4.34. The third-order valence-corrected chi connectivity index (χ3v) is 6.31. The Labute approximate surface area is 172 Å². The maximum absolute atomic E-state index is 13.2. The van der Waals surface area contributed by atoms with Gasteiger partial charge < -0.3 is 9.80 Å². The number of benzene rings is 1. The largest absolute Gasteiger partial charge is 0.372 e. The summed E-state index contributed by atoms with van der Waals surface area (Å²) in [6, 6.07) is 8.56. The van der Waals surface area contributed by atoms with E-state index >= 15 is 0 Å². The second kappa shape index (κ2) is 6.88. The molecular weight excluding hydrogens is 418 g/mol. The van der Waals surface area contributed by atoms with Crippen molar-refractivity contribution in [2.45, 2.75) is 32.2 Å². The molecule has 1 unspecified atom stereocenters. The molecule has 0 aliphatic carbocycles. The molecule has 1 aromatic carbocycles. The maximum Gasteiger partial charge on any atom is 0.274 e. The molecule has 0 saturated carbocycles. The van der Waals surface area contributed by atoms with Gasteiger partial charge in [-0.15, -0.1) is 0 Å². The van der Waals surface area contributed by atoms with Gasteiger partial charge in [0, 0.05) is 43.8 Å². The maximum atomic E-state index is 13.2. The predicted molar refractivity (Wildman–Crippen MR) is 112 cm³/mol. The molecular formula is C21H22BrN5O. The number of amides is 1. The Morgan fingerprint density at radius 1 is 1.18 bits per heavy atom. The van der Waals surface area contributed by atoms with Crippen LogP contribution in [0.3, 0.4) is 0 Å². The van der Waals surface area contributed by atoms with Gasteiger partial charge in [0.05, 0.1) is 10.5 Å². The summed E-state index contributed by atoms with van der Waals surface area (Å²) in [6.07, 6.45) is 6.93. The lowest BCUT2D eigenvalue weighted by atomic mass is 9.92. The van der Waals surface area contributed by atoms with E-state index < -0.39 is 0 Å². The number of hydrogen-bond acceptors (Lipinski definition) is 4. The van der Waals surface area contributed by atoms with E-state index in [-0.39, 0.29) is 11.9 Å². The number of nitrogens with zero attached hydrogens (tertiary/aromatic N) is 5. The normalized spacial score (nSPS) is 19.3. The van der Waals surface area contributed by atoms with Crippen LogP contribution in [0, 0.1) is 0 Å². The van der Waals surface area contributed by atoms with Crippen LogP contribution in [0.5, 0.6) is 0 Å². The van der Waals surface area contributed by atoms with Crippen molar-refractivity contribution in [1.29, 1.82) is 0 Å². The van der Waals surface area contributed by atoms with Gasteiger partial charge in [-0.3, -0.25) is 4.79 Å². The number of hydrogen-bond donors (Lipinski definition) is 0. The van der Waals surface area contributed by atoms with E-state index in [1.807, 2.05) is 11.1 Å². The van der Waals surface area contributed by atoms with Crippen LogP contribution in [0.15, 0.2) is 41.1 Å². The van der Waals surface area contributed by atoms with Gasteiger partial charge in [-0.05, 0) is 65.4 Å². The van der Waals surface area contributed by atoms with Crippen molar-refractivity contribution in [3.05, 3.63) is 58.0 Å². The zero-order chi connectivity index (χ0) is 19.3. The van der Waals surface area contributed by atoms with Gasteiger partial charge >= 0.3 is 0 Å². The average Bonchev–Trinajstić information content (AvgIpc) is 3.37. The van der Waals surface area contributed by atoms with E-state index in [9.17, 15) is 4.79 Å². The number of fused-ring (bicyclic) bond motifs is 2. The van der Waals surface area contributed by atoms with Crippen LogP contribution in [-0.4, -0.2) is 45.0 Å². The first-order valence-electron chi connectivity index (χ1n) is 9.80. The molecule has 2 aromatic heterocycles. The molecule has 1 saturated heterocycles. The molecule has 3 aromatic rings. The molecule has 144 valence electrons. The molecule has 6 nitrogen and oxygen atoms in total. The van der Waals surface area contributed by atoms with E-state index in [2.05, 4.69) is 56.0 Å². The SMILES string of the molecule is CC1c2cc(N3CCCC3)ccc2CCN1C(=O)c1cc2ncc(Br)cn2n1. The highest BCUT2D eigenvalue weighted by Gasteiger charge is 2.30. The Morgan fingerprint density at radius 2 is 2.00 bits per heavy atom. The topological polar surface area (TPSA) is 53.7 Å². The van der Waals surface area contributed by atoms with Crippen LogP contribution in [0.4, 0.5) is 5.69 Å². The van der Waals surface area contributed by atoms with Gasteiger partial charge in [0.1, 0.15) is 0 Å². The fourth-order valence-electron chi connectivity index (χ4n) is 4.36. The summed E-state index contributed by atoms with van der Waals surface area (Å²) < 4.78 is 2.47. The third kappa shape index (κ3) is 2.98. The number of halogens is 1. The van der Waals surface area contributed by atoms with E-state index in [0.717, 1.165) is 24.0 Å². The number of rotatable bonds is 2. The molecule has 2 aliphatic heterocycles. The summed E-state index contributed by atoms with van der Waals surface area (Å²) in [6.45, 7) is 5.08. The van der Waals surface area contributed by atoms with Crippen molar-refractivity contribution in [3.63, 3.8) is 0 Å². The molecule has 7 heteroatoms. The first-order valence-corrected chi connectivity index (χ1v) is 10.6. The highest BCUT2D eigenvalue weighted by molar-refractivity contribution is 9.10. The summed E-state index contributed by atoms with van der Waals surface area (Å²) in [5, 5.41) is 4.44. The lowest BCUT2D eigenvalue weighted by Crippen LogP contribution is -2.39. The minimum absolute atomic E-state index is 0.0308. The monoisotopic (exact) mass is 439 g/mol. The van der Waals surface area contributed by atoms with Gasteiger partial charge in [-0.25, -0.2) is 9.50 Å². The zero-order valence-electron chi connectivity index (χ0n) is 15.8. The van der Waals surface area contributed by atoms with Crippen molar-refractivity contribution in [1.82, 2.24) is 19.5 Å². The Bertz CT molecular complexity index is 1060. The van der Waals surface area contributed by atoms with Crippen LogP contribution in [-0.2, 0) is 6.42 Å². The quantitative estimate of drug-likeness (QED) is 0.608. The van der Waals surface area contributed by atoms with E-state index in [0.29, 0.717) is 17.9 Å². The minimum atomic E-state index is -0.0358.